The fourth-order valence-corrected chi connectivity index (χ4v) is 1.52. The molecule has 1 rings (SSSR count). The first-order chi connectivity index (χ1) is 6.90. The van der Waals surface area contributed by atoms with E-state index in [0.717, 1.165) is 0 Å². The maximum Gasteiger partial charge on any atom is 0.389 e. The summed E-state index contributed by atoms with van der Waals surface area (Å²) in [5, 5.41) is 9.66. The molecule has 0 spiro atoms. The van der Waals surface area contributed by atoms with Crippen molar-refractivity contribution < 1.29 is 18.3 Å². The standard InChI is InChI=1S/C10H10ClF3O/c11-8-4-1-5-9(15)7(8)3-2-6-10(12,13)14/h1,4-5,15H,2-3,6H2. The van der Waals surface area contributed by atoms with Gasteiger partial charge in [0, 0.05) is 17.0 Å². The lowest BCUT2D eigenvalue weighted by molar-refractivity contribution is -0.135. The molecule has 0 heterocycles. The number of rotatable bonds is 3. The van der Waals surface area contributed by atoms with Crippen molar-refractivity contribution in [3.63, 3.8) is 0 Å². The monoisotopic (exact) mass is 238 g/mol. The molecule has 0 saturated heterocycles. The van der Waals surface area contributed by atoms with E-state index in [-0.39, 0.29) is 18.6 Å². The molecule has 0 atom stereocenters. The number of phenolic OH excluding ortho intramolecular Hbond substituents is 1. The second-order valence-corrected chi connectivity index (χ2v) is 3.61. The molecule has 1 aromatic carbocycles. The van der Waals surface area contributed by atoms with Gasteiger partial charge in [0.1, 0.15) is 5.75 Å². The van der Waals surface area contributed by atoms with Gasteiger partial charge in [-0.1, -0.05) is 17.7 Å². The SMILES string of the molecule is Oc1cccc(Cl)c1CCCC(F)(F)F. The van der Waals surface area contributed by atoms with Crippen LogP contribution >= 0.6 is 11.6 Å². The van der Waals surface area contributed by atoms with Crippen LogP contribution in [0.3, 0.4) is 0 Å². The number of hydrogen-bond acceptors (Lipinski definition) is 1. The zero-order valence-electron chi connectivity index (χ0n) is 7.81. The average Bonchev–Trinajstić information content (AvgIpc) is 2.08. The lowest BCUT2D eigenvalue weighted by Crippen LogP contribution is -2.07. The van der Waals surface area contributed by atoms with Crippen LogP contribution in [0.25, 0.3) is 0 Å². The molecule has 0 aromatic heterocycles. The van der Waals surface area contributed by atoms with Crippen LogP contribution < -0.4 is 0 Å². The maximum atomic E-state index is 11.9. The van der Waals surface area contributed by atoms with Crippen molar-refractivity contribution in [1.29, 1.82) is 0 Å². The molecule has 15 heavy (non-hydrogen) atoms. The largest absolute Gasteiger partial charge is 0.508 e. The smallest absolute Gasteiger partial charge is 0.389 e. The minimum atomic E-state index is -4.16. The van der Waals surface area contributed by atoms with Crippen LogP contribution in [0.4, 0.5) is 13.2 Å². The molecule has 5 heteroatoms. The van der Waals surface area contributed by atoms with E-state index in [9.17, 15) is 18.3 Å². The van der Waals surface area contributed by atoms with E-state index in [1.165, 1.54) is 6.07 Å². The van der Waals surface area contributed by atoms with Crippen molar-refractivity contribution in [2.75, 3.05) is 0 Å². The van der Waals surface area contributed by atoms with Crippen LogP contribution in [0.15, 0.2) is 18.2 Å². The Morgan fingerprint density at radius 1 is 1.27 bits per heavy atom. The molecular formula is C10H10ClF3O. The Morgan fingerprint density at radius 3 is 2.47 bits per heavy atom. The predicted octanol–water partition coefficient (Wildman–Crippen LogP) is 3.93. The van der Waals surface area contributed by atoms with E-state index in [2.05, 4.69) is 0 Å². The van der Waals surface area contributed by atoms with Crippen molar-refractivity contribution >= 4 is 11.6 Å². The normalized spacial score (nSPS) is 11.7. The van der Waals surface area contributed by atoms with Crippen molar-refractivity contribution in [3.8, 4) is 5.75 Å². The molecule has 84 valence electrons. The molecule has 0 aliphatic rings. The van der Waals surface area contributed by atoms with E-state index in [1.807, 2.05) is 0 Å². The molecule has 0 amide bonds. The zero-order valence-corrected chi connectivity index (χ0v) is 8.57. The van der Waals surface area contributed by atoms with Crippen LogP contribution in [-0.2, 0) is 6.42 Å². The number of alkyl halides is 3. The van der Waals surface area contributed by atoms with Crippen molar-refractivity contribution in [1.82, 2.24) is 0 Å². The van der Waals surface area contributed by atoms with Gasteiger partial charge in [0.15, 0.2) is 0 Å². The molecule has 0 saturated carbocycles. The summed E-state index contributed by atoms with van der Waals surface area (Å²) in [4.78, 5) is 0. The number of phenols is 1. The summed E-state index contributed by atoms with van der Waals surface area (Å²) in [5.41, 5.74) is 0.378. The molecule has 0 fully saturated rings. The van der Waals surface area contributed by atoms with Crippen molar-refractivity contribution in [2.45, 2.75) is 25.4 Å². The quantitative estimate of drug-likeness (QED) is 0.846. The molecule has 1 N–H and O–H groups in total. The highest BCUT2D eigenvalue weighted by molar-refractivity contribution is 6.31. The average molecular weight is 239 g/mol. The molecule has 0 radical (unpaired) electrons. The first kappa shape index (κ1) is 12.2. The molecule has 1 aromatic rings. The van der Waals surface area contributed by atoms with E-state index < -0.39 is 12.6 Å². The molecule has 1 nitrogen and oxygen atoms in total. The summed E-state index contributed by atoms with van der Waals surface area (Å²) in [6, 6.07) is 4.50. The summed E-state index contributed by atoms with van der Waals surface area (Å²) in [6.07, 6.45) is -4.96. The fraction of sp³-hybridized carbons (Fsp3) is 0.400. The molecule has 0 unspecified atom stereocenters. The van der Waals surface area contributed by atoms with E-state index in [4.69, 9.17) is 11.6 Å². The third-order valence-electron chi connectivity index (χ3n) is 1.98. The van der Waals surface area contributed by atoms with Crippen molar-refractivity contribution in [3.05, 3.63) is 28.8 Å². The van der Waals surface area contributed by atoms with Crippen LogP contribution in [0, 0.1) is 0 Å². The van der Waals surface area contributed by atoms with Gasteiger partial charge in [-0.2, -0.15) is 13.2 Å². The summed E-state index contributed by atoms with van der Waals surface area (Å²) >= 11 is 5.74. The molecule has 0 bridgehead atoms. The second kappa shape index (κ2) is 4.75. The van der Waals surface area contributed by atoms with Gasteiger partial charge >= 0.3 is 6.18 Å². The number of benzene rings is 1. The van der Waals surface area contributed by atoms with Gasteiger partial charge in [0.05, 0.1) is 0 Å². The Balaban J connectivity index is 2.58. The number of aromatic hydroxyl groups is 1. The van der Waals surface area contributed by atoms with E-state index >= 15 is 0 Å². The van der Waals surface area contributed by atoms with Crippen LogP contribution in [0.1, 0.15) is 18.4 Å². The van der Waals surface area contributed by atoms with Crippen LogP contribution in [0.5, 0.6) is 5.75 Å². The topological polar surface area (TPSA) is 20.2 Å². The minimum Gasteiger partial charge on any atom is -0.508 e. The summed E-state index contributed by atoms with van der Waals surface area (Å²) in [6.45, 7) is 0. The lowest BCUT2D eigenvalue weighted by Gasteiger charge is -2.08. The highest BCUT2D eigenvalue weighted by atomic mass is 35.5. The highest BCUT2D eigenvalue weighted by Gasteiger charge is 2.26. The zero-order chi connectivity index (χ0) is 11.5. The highest BCUT2D eigenvalue weighted by Crippen LogP contribution is 2.29. The molecule has 0 aliphatic heterocycles. The molecular weight excluding hydrogens is 229 g/mol. The second-order valence-electron chi connectivity index (χ2n) is 3.21. The Bertz CT molecular complexity index is 316. The third kappa shape index (κ3) is 4.00. The Hall–Kier alpha value is -0.900. The third-order valence-corrected chi connectivity index (χ3v) is 2.34. The summed E-state index contributed by atoms with van der Waals surface area (Å²) < 4.78 is 35.6. The van der Waals surface area contributed by atoms with Gasteiger partial charge in [-0.3, -0.25) is 0 Å². The van der Waals surface area contributed by atoms with Gasteiger partial charge in [-0.05, 0) is 25.0 Å². The molecule has 0 aliphatic carbocycles. The Labute approximate surface area is 90.5 Å². The van der Waals surface area contributed by atoms with Gasteiger partial charge in [0.2, 0.25) is 0 Å². The summed E-state index contributed by atoms with van der Waals surface area (Å²) in [7, 11) is 0. The van der Waals surface area contributed by atoms with Gasteiger partial charge < -0.3 is 5.11 Å². The van der Waals surface area contributed by atoms with Crippen molar-refractivity contribution in [2.24, 2.45) is 0 Å². The maximum absolute atomic E-state index is 11.9. The predicted molar refractivity (Wildman–Crippen MR) is 52.1 cm³/mol. The van der Waals surface area contributed by atoms with E-state index in [1.54, 1.807) is 12.1 Å². The Kier molecular flexibility index (Phi) is 3.85. The number of hydrogen-bond donors (Lipinski definition) is 1. The fourth-order valence-electron chi connectivity index (χ4n) is 1.26. The van der Waals surface area contributed by atoms with E-state index in [0.29, 0.717) is 10.6 Å². The minimum absolute atomic E-state index is 0.0512. The van der Waals surface area contributed by atoms with Gasteiger partial charge in [-0.15, -0.1) is 0 Å². The Morgan fingerprint density at radius 2 is 1.93 bits per heavy atom. The number of halogens is 4. The van der Waals surface area contributed by atoms with Gasteiger partial charge in [0.25, 0.3) is 0 Å². The first-order valence-corrected chi connectivity index (χ1v) is 4.81. The summed E-state index contributed by atoms with van der Waals surface area (Å²) in [5.74, 6) is -0.0512. The van der Waals surface area contributed by atoms with Crippen LogP contribution in [0.2, 0.25) is 5.02 Å². The first-order valence-electron chi connectivity index (χ1n) is 4.43. The van der Waals surface area contributed by atoms with Gasteiger partial charge in [-0.25, -0.2) is 0 Å². The van der Waals surface area contributed by atoms with Crippen LogP contribution in [-0.4, -0.2) is 11.3 Å². The lowest BCUT2D eigenvalue weighted by atomic mass is 10.1.